The van der Waals surface area contributed by atoms with Crippen molar-refractivity contribution in [2.24, 2.45) is 0 Å². The summed E-state index contributed by atoms with van der Waals surface area (Å²) in [5.74, 6) is 1.76. The van der Waals surface area contributed by atoms with Gasteiger partial charge in [0.05, 0.1) is 25.6 Å². The molecule has 1 atom stereocenters. The number of hydrogen-bond acceptors (Lipinski definition) is 5. The highest BCUT2D eigenvalue weighted by atomic mass is 16.5. The number of nitrogens with one attached hydrogen (secondary N) is 2. The lowest BCUT2D eigenvalue weighted by Gasteiger charge is -2.37. The molecule has 2 N–H and O–H groups in total. The Balaban J connectivity index is 1.72. The Bertz CT molecular complexity index is 1430. The molecule has 3 aromatic carbocycles. The third-order valence-electron chi connectivity index (χ3n) is 6.48. The topological polar surface area (TPSA) is 77.4 Å². The molecule has 1 amide bonds. The van der Waals surface area contributed by atoms with Crippen molar-refractivity contribution in [2.75, 3.05) is 24.9 Å². The van der Waals surface area contributed by atoms with Gasteiger partial charge in [0.15, 0.2) is 17.0 Å². The smallest absolute Gasteiger partial charge is 0.259 e. The van der Waals surface area contributed by atoms with Gasteiger partial charge in [-0.05, 0) is 42.8 Å². The van der Waals surface area contributed by atoms with Crippen molar-refractivity contribution < 1.29 is 14.3 Å². The number of methoxy groups -OCH3 is 2. The number of ether oxygens (including phenoxy) is 2. The Kier molecular flexibility index (Phi) is 4.04. The van der Waals surface area contributed by atoms with Gasteiger partial charge in [0, 0.05) is 22.4 Å². The van der Waals surface area contributed by atoms with Crippen LogP contribution < -0.4 is 20.1 Å². The molecule has 6 rings (SSSR count). The first-order valence-electron chi connectivity index (χ1n) is 10.7. The highest BCUT2D eigenvalue weighted by molar-refractivity contribution is 6.13. The van der Waals surface area contributed by atoms with E-state index in [0.717, 1.165) is 45.1 Å². The molecule has 1 aromatic heterocycles. The van der Waals surface area contributed by atoms with E-state index < -0.39 is 5.54 Å². The van der Waals surface area contributed by atoms with Gasteiger partial charge >= 0.3 is 0 Å². The van der Waals surface area contributed by atoms with E-state index in [-0.39, 0.29) is 5.91 Å². The number of aryl methyl sites for hydroxylation is 1. The predicted octanol–water partition coefficient (Wildman–Crippen LogP) is 4.49. The molecule has 0 saturated carbocycles. The summed E-state index contributed by atoms with van der Waals surface area (Å²) in [4.78, 5) is 13.7. The molecule has 0 fully saturated rings. The number of para-hydroxylation sites is 2. The number of fused-ring (bicyclic) bond motifs is 6. The van der Waals surface area contributed by atoms with Crippen LogP contribution >= 0.6 is 0 Å². The molecular formula is C26H22N4O3. The van der Waals surface area contributed by atoms with E-state index in [0.29, 0.717) is 11.5 Å². The van der Waals surface area contributed by atoms with Gasteiger partial charge < -0.3 is 20.1 Å². The molecule has 164 valence electrons. The van der Waals surface area contributed by atoms with Gasteiger partial charge in [0.25, 0.3) is 5.91 Å². The second kappa shape index (κ2) is 6.87. The van der Waals surface area contributed by atoms with Crippen LogP contribution in [0.15, 0.2) is 66.7 Å². The molecule has 0 unspecified atom stereocenters. The lowest BCUT2D eigenvalue weighted by molar-refractivity contribution is -0.118. The molecule has 0 saturated heterocycles. The molecule has 7 nitrogen and oxygen atoms in total. The Hall–Kier alpha value is -4.26. The number of amides is 1. The van der Waals surface area contributed by atoms with E-state index in [2.05, 4.69) is 10.6 Å². The SMILES string of the molecule is COc1cc2c(cc1OC)[C@]1(Nc3c-2c(C)nn3-c2ccccc2)C(=O)Nc2ccccc21. The van der Waals surface area contributed by atoms with Crippen molar-refractivity contribution in [1.29, 1.82) is 0 Å². The Labute approximate surface area is 191 Å². The van der Waals surface area contributed by atoms with Crippen LogP contribution in [0.3, 0.4) is 0 Å². The predicted molar refractivity (Wildman–Crippen MR) is 126 cm³/mol. The van der Waals surface area contributed by atoms with Crippen LogP contribution in [0.1, 0.15) is 16.8 Å². The van der Waals surface area contributed by atoms with Crippen LogP contribution in [0.5, 0.6) is 11.5 Å². The van der Waals surface area contributed by atoms with Crippen molar-refractivity contribution in [2.45, 2.75) is 12.5 Å². The maximum Gasteiger partial charge on any atom is 0.259 e. The van der Waals surface area contributed by atoms with Gasteiger partial charge in [-0.15, -0.1) is 0 Å². The first-order chi connectivity index (χ1) is 16.1. The zero-order valence-electron chi connectivity index (χ0n) is 18.5. The Morgan fingerprint density at radius 3 is 2.36 bits per heavy atom. The maximum absolute atomic E-state index is 13.7. The summed E-state index contributed by atoms with van der Waals surface area (Å²) in [6.07, 6.45) is 0. The number of carbonyl (C=O) groups is 1. The van der Waals surface area contributed by atoms with E-state index in [1.807, 2.05) is 78.3 Å². The number of benzene rings is 3. The second-order valence-corrected chi connectivity index (χ2v) is 8.18. The molecule has 2 aliphatic rings. The molecule has 0 radical (unpaired) electrons. The van der Waals surface area contributed by atoms with Crippen LogP contribution in [0.2, 0.25) is 0 Å². The first-order valence-corrected chi connectivity index (χ1v) is 10.7. The van der Waals surface area contributed by atoms with Crippen LogP contribution in [-0.2, 0) is 10.3 Å². The summed E-state index contributed by atoms with van der Waals surface area (Å²) in [5.41, 5.74) is 4.85. The van der Waals surface area contributed by atoms with E-state index in [4.69, 9.17) is 14.6 Å². The van der Waals surface area contributed by atoms with E-state index in [1.165, 1.54) is 0 Å². The number of hydrogen-bond donors (Lipinski definition) is 2. The Morgan fingerprint density at radius 2 is 1.61 bits per heavy atom. The van der Waals surface area contributed by atoms with Gasteiger partial charge in [-0.3, -0.25) is 4.79 Å². The minimum Gasteiger partial charge on any atom is -0.493 e. The third-order valence-corrected chi connectivity index (χ3v) is 6.48. The van der Waals surface area contributed by atoms with Crippen LogP contribution in [0.4, 0.5) is 11.5 Å². The summed E-state index contributed by atoms with van der Waals surface area (Å²) < 4.78 is 13.1. The van der Waals surface area contributed by atoms with Crippen molar-refractivity contribution in [3.05, 3.63) is 83.6 Å². The largest absolute Gasteiger partial charge is 0.493 e. The summed E-state index contributed by atoms with van der Waals surface area (Å²) in [6.45, 7) is 1.97. The lowest BCUT2D eigenvalue weighted by Crippen LogP contribution is -2.46. The van der Waals surface area contributed by atoms with Gasteiger partial charge in [0.2, 0.25) is 0 Å². The van der Waals surface area contributed by atoms with Crippen molar-refractivity contribution in [3.8, 4) is 28.3 Å². The minimum atomic E-state index is -1.14. The maximum atomic E-state index is 13.7. The van der Waals surface area contributed by atoms with Gasteiger partial charge in [-0.2, -0.15) is 5.10 Å². The molecule has 4 aromatic rings. The highest BCUT2D eigenvalue weighted by Crippen LogP contribution is 2.54. The van der Waals surface area contributed by atoms with Crippen LogP contribution in [0, 0.1) is 6.92 Å². The van der Waals surface area contributed by atoms with E-state index in [1.54, 1.807) is 14.2 Å². The second-order valence-electron chi connectivity index (χ2n) is 8.18. The van der Waals surface area contributed by atoms with Crippen molar-refractivity contribution in [1.82, 2.24) is 9.78 Å². The quantitative estimate of drug-likeness (QED) is 0.493. The number of carbonyl (C=O) groups excluding carboxylic acids is 1. The average Bonchev–Trinajstić information content (AvgIpc) is 3.33. The molecule has 7 heteroatoms. The first kappa shape index (κ1) is 19.4. The van der Waals surface area contributed by atoms with Crippen molar-refractivity contribution >= 4 is 17.4 Å². The lowest BCUT2D eigenvalue weighted by atomic mass is 9.76. The van der Waals surface area contributed by atoms with Gasteiger partial charge in [-0.25, -0.2) is 4.68 Å². The molecule has 2 aliphatic heterocycles. The number of aromatic nitrogens is 2. The fourth-order valence-electron chi connectivity index (χ4n) is 5.01. The van der Waals surface area contributed by atoms with Crippen molar-refractivity contribution in [3.63, 3.8) is 0 Å². The summed E-state index contributed by atoms with van der Waals surface area (Å²) >= 11 is 0. The summed E-state index contributed by atoms with van der Waals surface area (Å²) in [5, 5.41) is 11.5. The standard InChI is InChI=1S/C26H22N4O3/c1-15-23-17-13-21(32-2)22(33-3)14-19(17)26(18-11-7-8-12-20(18)27-25(26)31)28-24(23)30(29-15)16-9-5-4-6-10-16/h4-14,28H,1-3H3,(H,27,31)/t26-/m0/s1. The molecule has 1 spiro atoms. The summed E-state index contributed by atoms with van der Waals surface area (Å²) in [6, 6.07) is 21.5. The highest BCUT2D eigenvalue weighted by Gasteiger charge is 2.53. The minimum absolute atomic E-state index is 0.152. The molecule has 33 heavy (non-hydrogen) atoms. The number of rotatable bonds is 3. The van der Waals surface area contributed by atoms with E-state index in [9.17, 15) is 4.79 Å². The average molecular weight is 438 g/mol. The van der Waals surface area contributed by atoms with E-state index >= 15 is 0 Å². The third kappa shape index (κ3) is 2.50. The fraction of sp³-hybridized carbons (Fsp3) is 0.154. The number of nitrogens with zero attached hydrogens (tertiary/aromatic N) is 2. The van der Waals surface area contributed by atoms with Crippen LogP contribution in [0.25, 0.3) is 16.8 Å². The summed E-state index contributed by atoms with van der Waals surface area (Å²) in [7, 11) is 3.21. The van der Waals surface area contributed by atoms with Gasteiger partial charge in [-0.1, -0.05) is 36.4 Å². The zero-order valence-corrected chi connectivity index (χ0v) is 18.5. The van der Waals surface area contributed by atoms with Gasteiger partial charge in [0.1, 0.15) is 5.82 Å². The molecule has 0 aliphatic carbocycles. The monoisotopic (exact) mass is 438 g/mol. The molecular weight excluding hydrogens is 416 g/mol. The normalized spacial score (nSPS) is 17.6. The molecule has 0 bridgehead atoms. The fourth-order valence-corrected chi connectivity index (χ4v) is 5.01. The van der Waals surface area contributed by atoms with Crippen LogP contribution in [-0.4, -0.2) is 29.9 Å². The molecule has 3 heterocycles. The number of anilines is 2. The Morgan fingerprint density at radius 1 is 0.909 bits per heavy atom. The zero-order chi connectivity index (χ0) is 22.7.